The Bertz CT molecular complexity index is 582. The average Bonchev–Trinajstić information content (AvgIpc) is 2.84. The van der Waals surface area contributed by atoms with Crippen molar-refractivity contribution in [2.45, 2.75) is 31.7 Å². The van der Waals surface area contributed by atoms with Gasteiger partial charge in [0.15, 0.2) is 0 Å². The third kappa shape index (κ3) is 2.97. The Morgan fingerprint density at radius 1 is 1.38 bits per heavy atom. The Balaban J connectivity index is 1.78. The zero-order valence-electron chi connectivity index (χ0n) is 11.6. The highest BCUT2D eigenvalue weighted by atomic mass is 16.6. The lowest BCUT2D eigenvalue weighted by Gasteiger charge is -2.24. The number of amides is 1. The van der Waals surface area contributed by atoms with Crippen molar-refractivity contribution < 1.29 is 9.72 Å². The maximum Gasteiger partial charge on any atom is 0.292 e. The van der Waals surface area contributed by atoms with Gasteiger partial charge in [-0.2, -0.15) is 0 Å². The highest BCUT2D eigenvalue weighted by Crippen LogP contribution is 2.34. The number of carbonyl (C=O) groups excluding carboxylic acids is 1. The third-order valence-corrected chi connectivity index (χ3v) is 3.99. The molecular weight excluding hydrogens is 272 g/mol. The molecule has 0 radical (unpaired) electrons. The first kappa shape index (κ1) is 13.8. The fourth-order valence-corrected chi connectivity index (χ4v) is 2.89. The molecule has 7 heteroatoms. The number of nitro benzene ring substituents is 1. The summed E-state index contributed by atoms with van der Waals surface area (Å²) < 4.78 is 0. The minimum absolute atomic E-state index is 0.0288. The highest BCUT2D eigenvalue weighted by Gasteiger charge is 2.25. The van der Waals surface area contributed by atoms with E-state index in [0.717, 1.165) is 13.0 Å². The van der Waals surface area contributed by atoms with Gasteiger partial charge in [-0.1, -0.05) is 6.42 Å². The SMILES string of the molecule is O=C1Cc2cc([N+](=O)[O-])c(NCC3CCCCN3)cc2N1. The van der Waals surface area contributed by atoms with Crippen LogP contribution in [0.4, 0.5) is 17.1 Å². The monoisotopic (exact) mass is 290 g/mol. The molecule has 2 aliphatic rings. The Morgan fingerprint density at radius 3 is 2.95 bits per heavy atom. The second-order valence-electron chi connectivity index (χ2n) is 5.54. The molecule has 1 aromatic rings. The number of benzene rings is 1. The zero-order valence-corrected chi connectivity index (χ0v) is 11.6. The summed E-state index contributed by atoms with van der Waals surface area (Å²) in [5, 5.41) is 20.5. The summed E-state index contributed by atoms with van der Waals surface area (Å²) in [4.78, 5) is 22.2. The van der Waals surface area contributed by atoms with E-state index in [9.17, 15) is 14.9 Å². The van der Waals surface area contributed by atoms with Gasteiger partial charge in [-0.3, -0.25) is 14.9 Å². The van der Waals surface area contributed by atoms with Gasteiger partial charge < -0.3 is 16.0 Å². The first-order valence-electron chi connectivity index (χ1n) is 7.22. The fraction of sp³-hybridized carbons (Fsp3) is 0.500. The standard InChI is InChI=1S/C14H18N4O3/c19-14-6-9-5-13(18(20)21)12(7-11(9)17-14)16-8-10-3-1-2-4-15-10/h5,7,10,15-16H,1-4,6,8H2,(H,17,19). The molecule has 0 bridgehead atoms. The maximum absolute atomic E-state index is 11.4. The van der Waals surface area contributed by atoms with Crippen LogP contribution in [0.15, 0.2) is 12.1 Å². The molecule has 3 N–H and O–H groups in total. The summed E-state index contributed by atoms with van der Waals surface area (Å²) in [6.07, 6.45) is 3.65. The largest absolute Gasteiger partial charge is 0.378 e. The van der Waals surface area contributed by atoms with Crippen molar-refractivity contribution in [3.05, 3.63) is 27.8 Å². The van der Waals surface area contributed by atoms with Crippen LogP contribution in [-0.4, -0.2) is 30.0 Å². The van der Waals surface area contributed by atoms with Crippen molar-refractivity contribution in [3.8, 4) is 0 Å². The van der Waals surface area contributed by atoms with Crippen molar-refractivity contribution in [2.75, 3.05) is 23.7 Å². The van der Waals surface area contributed by atoms with Gasteiger partial charge in [0.2, 0.25) is 5.91 Å². The molecule has 1 aromatic carbocycles. The average molecular weight is 290 g/mol. The van der Waals surface area contributed by atoms with Crippen LogP contribution >= 0.6 is 0 Å². The van der Waals surface area contributed by atoms with Gasteiger partial charge in [-0.15, -0.1) is 0 Å². The van der Waals surface area contributed by atoms with Crippen LogP contribution in [0.1, 0.15) is 24.8 Å². The van der Waals surface area contributed by atoms with Crippen LogP contribution in [0.3, 0.4) is 0 Å². The summed E-state index contributed by atoms with van der Waals surface area (Å²) >= 11 is 0. The first-order valence-corrected chi connectivity index (χ1v) is 7.22. The predicted octanol–water partition coefficient (Wildman–Crippen LogP) is 1.64. The lowest BCUT2D eigenvalue weighted by atomic mass is 10.0. The van der Waals surface area contributed by atoms with Crippen LogP contribution in [-0.2, 0) is 11.2 Å². The summed E-state index contributed by atoms with van der Waals surface area (Å²) in [6.45, 7) is 1.64. The van der Waals surface area contributed by atoms with Gasteiger partial charge in [0.1, 0.15) is 5.69 Å². The van der Waals surface area contributed by atoms with Crippen molar-refractivity contribution in [1.29, 1.82) is 0 Å². The van der Waals surface area contributed by atoms with Crippen molar-refractivity contribution >= 4 is 23.0 Å². The van der Waals surface area contributed by atoms with E-state index in [2.05, 4.69) is 16.0 Å². The molecule has 0 spiro atoms. The number of nitrogens with one attached hydrogen (secondary N) is 3. The van der Waals surface area contributed by atoms with Crippen molar-refractivity contribution in [2.24, 2.45) is 0 Å². The summed E-state index contributed by atoms with van der Waals surface area (Å²) in [5.41, 5.74) is 1.85. The van der Waals surface area contributed by atoms with E-state index >= 15 is 0 Å². The van der Waals surface area contributed by atoms with E-state index in [1.807, 2.05) is 0 Å². The molecular formula is C14H18N4O3. The van der Waals surface area contributed by atoms with Crippen molar-refractivity contribution in [3.63, 3.8) is 0 Å². The minimum Gasteiger partial charge on any atom is -0.378 e. The Labute approximate surface area is 122 Å². The van der Waals surface area contributed by atoms with E-state index in [0.29, 0.717) is 29.5 Å². The van der Waals surface area contributed by atoms with Crippen molar-refractivity contribution in [1.82, 2.24) is 5.32 Å². The predicted molar refractivity (Wildman–Crippen MR) is 79.6 cm³/mol. The number of hydrogen-bond donors (Lipinski definition) is 3. The molecule has 1 fully saturated rings. The number of nitrogens with zero attached hydrogens (tertiary/aromatic N) is 1. The molecule has 2 aliphatic heterocycles. The number of nitro groups is 1. The number of carbonyl (C=O) groups is 1. The summed E-state index contributed by atoms with van der Waals surface area (Å²) in [7, 11) is 0. The highest BCUT2D eigenvalue weighted by molar-refractivity contribution is 6.00. The molecule has 1 saturated heterocycles. The number of hydrogen-bond acceptors (Lipinski definition) is 5. The zero-order chi connectivity index (χ0) is 14.8. The number of piperidine rings is 1. The lowest BCUT2D eigenvalue weighted by Crippen LogP contribution is -2.39. The fourth-order valence-electron chi connectivity index (χ4n) is 2.89. The molecule has 3 rings (SSSR count). The smallest absolute Gasteiger partial charge is 0.292 e. The quantitative estimate of drug-likeness (QED) is 0.578. The van der Waals surface area contributed by atoms with E-state index in [1.165, 1.54) is 18.9 Å². The molecule has 1 atom stereocenters. The van der Waals surface area contributed by atoms with Crippen LogP contribution in [0.5, 0.6) is 0 Å². The first-order chi connectivity index (χ1) is 10.1. The molecule has 0 aliphatic carbocycles. The molecule has 1 amide bonds. The van der Waals surface area contributed by atoms with Crippen LogP contribution in [0.2, 0.25) is 0 Å². The van der Waals surface area contributed by atoms with Gasteiger partial charge in [-0.05, 0) is 31.0 Å². The summed E-state index contributed by atoms with van der Waals surface area (Å²) in [5.74, 6) is -0.120. The Hall–Kier alpha value is -2.15. The normalized spacial score (nSPS) is 20.8. The molecule has 0 aromatic heterocycles. The van der Waals surface area contributed by atoms with E-state index in [4.69, 9.17) is 0 Å². The van der Waals surface area contributed by atoms with Gasteiger partial charge in [-0.25, -0.2) is 0 Å². The number of anilines is 2. The second kappa shape index (κ2) is 5.69. The maximum atomic E-state index is 11.4. The van der Waals surface area contributed by atoms with Gasteiger partial charge in [0, 0.05) is 24.3 Å². The molecule has 2 heterocycles. The van der Waals surface area contributed by atoms with E-state index < -0.39 is 4.92 Å². The molecule has 112 valence electrons. The van der Waals surface area contributed by atoms with Crippen LogP contribution in [0, 0.1) is 10.1 Å². The topological polar surface area (TPSA) is 96.3 Å². The van der Waals surface area contributed by atoms with Crippen LogP contribution in [0.25, 0.3) is 0 Å². The van der Waals surface area contributed by atoms with E-state index in [1.54, 1.807) is 6.07 Å². The molecule has 7 nitrogen and oxygen atoms in total. The molecule has 0 saturated carbocycles. The van der Waals surface area contributed by atoms with Gasteiger partial charge >= 0.3 is 0 Å². The Morgan fingerprint density at radius 2 is 2.24 bits per heavy atom. The van der Waals surface area contributed by atoms with Crippen LogP contribution < -0.4 is 16.0 Å². The molecule has 1 unspecified atom stereocenters. The van der Waals surface area contributed by atoms with E-state index in [-0.39, 0.29) is 18.0 Å². The number of fused-ring (bicyclic) bond motifs is 1. The minimum atomic E-state index is -0.403. The Kier molecular flexibility index (Phi) is 3.74. The lowest BCUT2D eigenvalue weighted by molar-refractivity contribution is -0.384. The summed E-state index contributed by atoms with van der Waals surface area (Å²) in [6, 6.07) is 3.49. The number of rotatable bonds is 4. The van der Waals surface area contributed by atoms with Gasteiger partial charge in [0.05, 0.1) is 11.3 Å². The molecule has 21 heavy (non-hydrogen) atoms. The second-order valence-corrected chi connectivity index (χ2v) is 5.54. The van der Waals surface area contributed by atoms with Gasteiger partial charge in [0.25, 0.3) is 5.69 Å². The third-order valence-electron chi connectivity index (χ3n) is 3.99.